The molecule has 3 aromatic heterocycles. The number of rotatable bonds is 3. The van der Waals surface area contributed by atoms with E-state index in [0.29, 0.717) is 5.82 Å². The Kier molecular flexibility index (Phi) is 3.68. The molecule has 1 aliphatic heterocycles. The molecule has 0 unspecified atom stereocenters. The van der Waals surface area contributed by atoms with E-state index >= 15 is 0 Å². The lowest BCUT2D eigenvalue weighted by Gasteiger charge is -2.28. The maximum atomic E-state index is 4.79. The van der Waals surface area contributed by atoms with Crippen molar-refractivity contribution in [2.24, 2.45) is 0 Å². The van der Waals surface area contributed by atoms with Gasteiger partial charge in [0.1, 0.15) is 6.33 Å². The van der Waals surface area contributed by atoms with Crippen molar-refractivity contribution < 1.29 is 0 Å². The van der Waals surface area contributed by atoms with E-state index < -0.39 is 0 Å². The Morgan fingerprint density at radius 3 is 2.92 bits per heavy atom. The molecule has 1 aromatic carbocycles. The van der Waals surface area contributed by atoms with Crippen molar-refractivity contribution in [3.63, 3.8) is 0 Å². The Balaban J connectivity index is 1.41. The van der Waals surface area contributed by atoms with Crippen LogP contribution < -0.4 is 0 Å². The standard InChI is InChI=1S/C20H18N6/c1-2-14-4-6-23-19(14)16(3-1)11-26-7-5-15-10-24-20(25-18(15)12-26)17-8-21-13-22-9-17/h1-4,6,8-10,13,23H,5,7,11-12H2. The first kappa shape index (κ1) is 15.2. The summed E-state index contributed by atoms with van der Waals surface area (Å²) in [4.78, 5) is 23.2. The summed E-state index contributed by atoms with van der Waals surface area (Å²) in [5, 5.41) is 1.26. The van der Waals surface area contributed by atoms with Crippen molar-refractivity contribution in [3.05, 3.63) is 72.2 Å². The van der Waals surface area contributed by atoms with Crippen molar-refractivity contribution in [3.8, 4) is 11.4 Å². The quantitative estimate of drug-likeness (QED) is 0.620. The van der Waals surface area contributed by atoms with Crippen molar-refractivity contribution in [2.75, 3.05) is 6.54 Å². The second-order valence-electron chi connectivity index (χ2n) is 6.61. The molecule has 1 aliphatic rings. The van der Waals surface area contributed by atoms with Crippen LogP contribution in [0, 0.1) is 0 Å². The Hall–Kier alpha value is -3.12. The molecular formula is C20H18N6. The van der Waals surface area contributed by atoms with E-state index in [2.05, 4.69) is 49.1 Å². The van der Waals surface area contributed by atoms with Crippen LogP contribution in [-0.2, 0) is 19.5 Å². The normalized spacial score (nSPS) is 14.5. The average Bonchev–Trinajstić information content (AvgIpc) is 3.18. The van der Waals surface area contributed by atoms with Crippen LogP contribution in [-0.4, -0.2) is 36.4 Å². The molecule has 0 fully saturated rings. The monoisotopic (exact) mass is 342 g/mol. The summed E-state index contributed by atoms with van der Waals surface area (Å²) in [5.74, 6) is 0.692. The first-order valence-electron chi connectivity index (χ1n) is 8.74. The fourth-order valence-corrected chi connectivity index (χ4v) is 3.57. The van der Waals surface area contributed by atoms with Crippen molar-refractivity contribution >= 4 is 10.9 Å². The molecule has 0 saturated carbocycles. The van der Waals surface area contributed by atoms with Gasteiger partial charge in [-0.25, -0.2) is 19.9 Å². The zero-order valence-electron chi connectivity index (χ0n) is 14.3. The molecule has 6 heteroatoms. The smallest absolute Gasteiger partial charge is 0.162 e. The molecule has 0 bridgehead atoms. The van der Waals surface area contributed by atoms with Crippen LogP contribution in [0.3, 0.4) is 0 Å². The summed E-state index contributed by atoms with van der Waals surface area (Å²) in [6.07, 6.45) is 9.95. The fourth-order valence-electron chi connectivity index (χ4n) is 3.57. The Morgan fingerprint density at radius 2 is 2.00 bits per heavy atom. The molecule has 0 radical (unpaired) electrons. The molecule has 4 aromatic rings. The second kappa shape index (κ2) is 6.31. The van der Waals surface area contributed by atoms with Gasteiger partial charge in [-0.1, -0.05) is 18.2 Å². The van der Waals surface area contributed by atoms with E-state index in [1.165, 1.54) is 28.4 Å². The van der Waals surface area contributed by atoms with E-state index in [0.717, 1.165) is 37.3 Å². The lowest BCUT2D eigenvalue weighted by Crippen LogP contribution is -2.31. The van der Waals surface area contributed by atoms with Crippen LogP contribution in [0.1, 0.15) is 16.8 Å². The van der Waals surface area contributed by atoms with Gasteiger partial charge in [0.05, 0.1) is 11.3 Å². The number of para-hydroxylation sites is 1. The molecule has 4 heterocycles. The molecule has 0 spiro atoms. The van der Waals surface area contributed by atoms with Gasteiger partial charge in [-0.3, -0.25) is 4.90 Å². The third-order valence-corrected chi connectivity index (χ3v) is 4.91. The molecule has 0 saturated heterocycles. The third kappa shape index (κ3) is 2.74. The molecule has 128 valence electrons. The number of nitrogens with one attached hydrogen (secondary N) is 1. The molecule has 6 nitrogen and oxygen atoms in total. The highest BCUT2D eigenvalue weighted by Crippen LogP contribution is 2.24. The molecule has 1 N–H and O–H groups in total. The van der Waals surface area contributed by atoms with Crippen molar-refractivity contribution in [1.82, 2.24) is 29.8 Å². The van der Waals surface area contributed by atoms with Gasteiger partial charge in [0.2, 0.25) is 0 Å². The van der Waals surface area contributed by atoms with E-state index in [9.17, 15) is 0 Å². The second-order valence-corrected chi connectivity index (χ2v) is 6.61. The first-order valence-corrected chi connectivity index (χ1v) is 8.74. The fraction of sp³-hybridized carbons (Fsp3) is 0.200. The highest BCUT2D eigenvalue weighted by atomic mass is 15.1. The lowest BCUT2D eigenvalue weighted by atomic mass is 10.0. The van der Waals surface area contributed by atoms with Gasteiger partial charge in [-0.15, -0.1) is 0 Å². The van der Waals surface area contributed by atoms with E-state index in [1.807, 2.05) is 12.4 Å². The summed E-state index contributed by atoms with van der Waals surface area (Å²) in [5.41, 5.74) is 5.73. The minimum atomic E-state index is 0.692. The molecule has 5 rings (SSSR count). The van der Waals surface area contributed by atoms with E-state index in [1.54, 1.807) is 12.4 Å². The number of nitrogens with zero attached hydrogens (tertiary/aromatic N) is 5. The van der Waals surface area contributed by atoms with Crippen LogP contribution in [0.25, 0.3) is 22.3 Å². The predicted octanol–water partition coefficient (Wildman–Crippen LogP) is 2.97. The van der Waals surface area contributed by atoms with Gasteiger partial charge in [0.25, 0.3) is 0 Å². The lowest BCUT2D eigenvalue weighted by molar-refractivity contribution is 0.242. The Labute approximate surface area is 151 Å². The number of H-pyrrole nitrogens is 1. The topological polar surface area (TPSA) is 70.6 Å². The maximum Gasteiger partial charge on any atom is 0.162 e. The number of aromatic nitrogens is 5. The molecule has 26 heavy (non-hydrogen) atoms. The zero-order chi connectivity index (χ0) is 17.3. The van der Waals surface area contributed by atoms with Gasteiger partial charge in [-0.2, -0.15) is 0 Å². The highest BCUT2D eigenvalue weighted by Gasteiger charge is 2.20. The van der Waals surface area contributed by atoms with Crippen LogP contribution >= 0.6 is 0 Å². The average molecular weight is 342 g/mol. The van der Waals surface area contributed by atoms with Crippen LogP contribution in [0.5, 0.6) is 0 Å². The van der Waals surface area contributed by atoms with Crippen LogP contribution in [0.15, 0.2) is 55.4 Å². The molecule has 0 aliphatic carbocycles. The van der Waals surface area contributed by atoms with Crippen LogP contribution in [0.4, 0.5) is 0 Å². The van der Waals surface area contributed by atoms with Crippen LogP contribution in [0.2, 0.25) is 0 Å². The largest absolute Gasteiger partial charge is 0.361 e. The third-order valence-electron chi connectivity index (χ3n) is 4.91. The molecule has 0 atom stereocenters. The summed E-state index contributed by atoms with van der Waals surface area (Å²) < 4.78 is 0. The summed E-state index contributed by atoms with van der Waals surface area (Å²) >= 11 is 0. The SMILES string of the molecule is c1cc(CN2CCc3cnc(-c4cncnc4)nc3C2)c2[nH]ccc2c1. The minimum absolute atomic E-state index is 0.692. The Morgan fingerprint density at radius 1 is 1.08 bits per heavy atom. The summed E-state index contributed by atoms with van der Waals surface area (Å²) in [7, 11) is 0. The number of hydrogen-bond donors (Lipinski definition) is 1. The van der Waals surface area contributed by atoms with Gasteiger partial charge in [0, 0.05) is 49.9 Å². The zero-order valence-corrected chi connectivity index (χ0v) is 14.3. The van der Waals surface area contributed by atoms with E-state index in [4.69, 9.17) is 4.98 Å². The van der Waals surface area contributed by atoms with E-state index in [-0.39, 0.29) is 0 Å². The van der Waals surface area contributed by atoms with Gasteiger partial charge < -0.3 is 4.98 Å². The van der Waals surface area contributed by atoms with Crippen molar-refractivity contribution in [1.29, 1.82) is 0 Å². The number of fused-ring (bicyclic) bond motifs is 2. The predicted molar refractivity (Wildman–Crippen MR) is 99.2 cm³/mol. The van der Waals surface area contributed by atoms with Gasteiger partial charge in [0.15, 0.2) is 5.82 Å². The number of hydrogen-bond acceptors (Lipinski definition) is 5. The first-order chi connectivity index (χ1) is 12.9. The molecule has 0 amide bonds. The van der Waals surface area contributed by atoms with Crippen molar-refractivity contribution in [2.45, 2.75) is 19.5 Å². The highest BCUT2D eigenvalue weighted by molar-refractivity contribution is 5.82. The molecular weight excluding hydrogens is 324 g/mol. The number of benzene rings is 1. The minimum Gasteiger partial charge on any atom is -0.361 e. The summed E-state index contributed by atoms with van der Waals surface area (Å²) in [6.45, 7) is 2.75. The Bertz CT molecular complexity index is 1060. The number of aromatic amines is 1. The van der Waals surface area contributed by atoms with Gasteiger partial charge >= 0.3 is 0 Å². The maximum absolute atomic E-state index is 4.79. The van der Waals surface area contributed by atoms with Gasteiger partial charge in [-0.05, 0) is 29.0 Å². The summed E-state index contributed by atoms with van der Waals surface area (Å²) in [6, 6.07) is 8.58.